The summed E-state index contributed by atoms with van der Waals surface area (Å²) in [6.45, 7) is 2.44. The number of hydrogen-bond acceptors (Lipinski definition) is 8. The highest BCUT2D eigenvalue weighted by Crippen LogP contribution is 2.37. The second-order valence-corrected chi connectivity index (χ2v) is 16.9. The molecule has 0 bridgehead atoms. The van der Waals surface area contributed by atoms with Gasteiger partial charge in [-0.05, 0) is 104 Å². The summed E-state index contributed by atoms with van der Waals surface area (Å²) >= 11 is 0. The van der Waals surface area contributed by atoms with Gasteiger partial charge >= 0.3 is 6.09 Å². The van der Waals surface area contributed by atoms with Crippen molar-refractivity contribution in [1.29, 1.82) is 0 Å². The molecule has 0 spiro atoms. The summed E-state index contributed by atoms with van der Waals surface area (Å²) in [5.41, 5.74) is 7.05. The van der Waals surface area contributed by atoms with Crippen LogP contribution in [0.4, 0.5) is 4.79 Å². The maximum absolute atomic E-state index is 14.0. The molecular weight excluding hydrogens is 781 g/mol. The van der Waals surface area contributed by atoms with E-state index in [2.05, 4.69) is 75.9 Å². The quantitative estimate of drug-likeness (QED) is 0.119. The third-order valence-electron chi connectivity index (χ3n) is 12.9. The number of methoxy groups -OCH3 is 1. The lowest BCUT2D eigenvalue weighted by atomic mass is 9.90. The van der Waals surface area contributed by atoms with Crippen LogP contribution in [0.1, 0.15) is 73.9 Å². The monoisotopic (exact) mass is 834 g/mol. The molecule has 4 aromatic carbocycles. The molecule has 4 atom stereocenters. The van der Waals surface area contributed by atoms with Crippen molar-refractivity contribution < 1.29 is 23.9 Å². The normalized spacial score (nSPS) is 19.2. The fourth-order valence-electron chi connectivity index (χ4n) is 9.62. The molecule has 3 aliphatic heterocycles. The first-order chi connectivity index (χ1) is 30.2. The summed E-state index contributed by atoms with van der Waals surface area (Å²) in [5, 5.41) is 5.08. The second kappa shape index (κ2) is 18.0. The lowest BCUT2D eigenvalue weighted by molar-refractivity contribution is -0.138. The minimum atomic E-state index is -0.675. The fourth-order valence-corrected chi connectivity index (χ4v) is 9.62. The Morgan fingerprint density at radius 2 is 1.26 bits per heavy atom. The van der Waals surface area contributed by atoms with Gasteiger partial charge in [0.25, 0.3) is 0 Å². The van der Waals surface area contributed by atoms with Crippen molar-refractivity contribution >= 4 is 28.7 Å². The Kier molecular flexibility index (Phi) is 11.9. The van der Waals surface area contributed by atoms with Crippen LogP contribution in [0.15, 0.2) is 103 Å². The Morgan fingerprint density at radius 3 is 1.87 bits per heavy atom. The number of carbonyl (C=O) groups excluding carboxylic acids is 3. The van der Waals surface area contributed by atoms with Crippen LogP contribution >= 0.6 is 0 Å². The molecule has 0 radical (unpaired) electrons. The minimum Gasteiger partial charge on any atom is -0.453 e. The number of H-pyrrole nitrogens is 2. The molecule has 0 unspecified atom stereocenters. The Bertz CT molecular complexity index is 2530. The van der Waals surface area contributed by atoms with Gasteiger partial charge in [0.05, 0.1) is 43.0 Å². The molecule has 2 aromatic heterocycles. The molecule has 62 heavy (non-hydrogen) atoms. The van der Waals surface area contributed by atoms with Crippen LogP contribution < -0.4 is 5.32 Å². The Labute approximate surface area is 361 Å². The predicted octanol–water partition coefficient (Wildman–Crippen LogP) is 8.07. The highest BCUT2D eigenvalue weighted by atomic mass is 16.5. The van der Waals surface area contributed by atoms with E-state index in [1.807, 2.05) is 71.5 Å². The molecule has 13 heteroatoms. The van der Waals surface area contributed by atoms with E-state index in [1.54, 1.807) is 0 Å². The van der Waals surface area contributed by atoms with Crippen molar-refractivity contribution in [1.82, 2.24) is 40.0 Å². The number of hydrogen-bond donors (Lipinski definition) is 3. The van der Waals surface area contributed by atoms with Crippen LogP contribution in [-0.2, 0) is 19.1 Å². The van der Waals surface area contributed by atoms with E-state index in [9.17, 15) is 14.4 Å². The number of aromatic nitrogens is 4. The molecule has 9 rings (SSSR count). The van der Waals surface area contributed by atoms with E-state index < -0.39 is 12.1 Å². The molecule has 0 aliphatic carbocycles. The molecule has 3 saturated heterocycles. The molecule has 13 nitrogen and oxygen atoms in total. The van der Waals surface area contributed by atoms with E-state index in [4.69, 9.17) is 19.4 Å². The first kappa shape index (κ1) is 41.1. The lowest BCUT2D eigenvalue weighted by Gasteiger charge is -2.34. The maximum atomic E-state index is 14.0. The van der Waals surface area contributed by atoms with Gasteiger partial charge in [0.15, 0.2) is 0 Å². The van der Waals surface area contributed by atoms with Crippen molar-refractivity contribution in [3.8, 4) is 33.6 Å². The number of carbonyl (C=O) groups is 3. The van der Waals surface area contributed by atoms with Crippen molar-refractivity contribution in [2.45, 2.75) is 62.7 Å². The summed E-state index contributed by atoms with van der Waals surface area (Å²) < 4.78 is 10.4. The number of benzene rings is 4. The number of nitrogens with zero attached hydrogens (tertiary/aromatic N) is 5. The first-order valence-electron chi connectivity index (χ1n) is 21.7. The third kappa shape index (κ3) is 8.34. The van der Waals surface area contributed by atoms with Crippen molar-refractivity contribution in [3.63, 3.8) is 0 Å². The van der Waals surface area contributed by atoms with Gasteiger partial charge < -0.3 is 34.6 Å². The zero-order valence-electron chi connectivity index (χ0n) is 35.6. The number of amides is 3. The van der Waals surface area contributed by atoms with E-state index >= 15 is 0 Å². The lowest BCUT2D eigenvalue weighted by Crippen LogP contribution is -2.53. The van der Waals surface area contributed by atoms with Crippen LogP contribution in [0.3, 0.4) is 0 Å². The van der Waals surface area contributed by atoms with Crippen LogP contribution in [0.5, 0.6) is 0 Å². The topological polar surface area (TPSA) is 149 Å². The molecule has 3 amide bonds. The standard InChI is InChI=1S/C49H54N8O5/c1-55(2)44(34-9-5-4-6-10-34)48(59)57-24-8-12-42(57)46-51-30-40(53-46)38-20-19-36-27-35(17-18-37(36)28-38)31-13-15-32(16-14-31)39-29-50-45(52-39)41-11-7-23-56(41)47(58)43(54-49(60)61-3)33-21-25-62-26-22-33/h4-6,9-10,13-20,27-30,33,41-44H,7-8,11-12,21-26H2,1-3H3,(H,50,52)(H,51,53)(H,54,60)/t41-,42-,43-,44-/m0/s1. The number of likely N-dealkylation sites (N-methyl/N-ethyl adjacent to an activating group) is 1. The summed E-state index contributed by atoms with van der Waals surface area (Å²) in [7, 11) is 5.23. The fraction of sp³-hybridized carbons (Fsp3) is 0.367. The Morgan fingerprint density at radius 1 is 0.710 bits per heavy atom. The highest BCUT2D eigenvalue weighted by Gasteiger charge is 2.40. The number of ether oxygens (including phenoxy) is 2. The third-order valence-corrected chi connectivity index (χ3v) is 12.9. The molecule has 3 N–H and O–H groups in total. The van der Waals surface area contributed by atoms with E-state index in [0.717, 1.165) is 87.3 Å². The smallest absolute Gasteiger partial charge is 0.407 e. The molecule has 6 aromatic rings. The molecule has 5 heterocycles. The number of imidazole rings is 2. The minimum absolute atomic E-state index is 0.0193. The predicted molar refractivity (Wildman–Crippen MR) is 238 cm³/mol. The van der Waals surface area contributed by atoms with E-state index in [1.165, 1.54) is 7.11 Å². The van der Waals surface area contributed by atoms with Gasteiger partial charge in [-0.3, -0.25) is 14.5 Å². The summed E-state index contributed by atoms with van der Waals surface area (Å²) in [5.74, 6) is 1.54. The molecule has 320 valence electrons. The Balaban J connectivity index is 0.870. The van der Waals surface area contributed by atoms with Crippen molar-refractivity contribution in [3.05, 3.63) is 121 Å². The average Bonchev–Trinajstić information content (AvgIpc) is 4.16. The largest absolute Gasteiger partial charge is 0.453 e. The van der Waals surface area contributed by atoms with E-state index in [0.29, 0.717) is 39.1 Å². The Hall–Kier alpha value is -6.31. The van der Waals surface area contributed by atoms with Crippen LogP contribution in [0.25, 0.3) is 44.4 Å². The molecule has 0 saturated carbocycles. The van der Waals surface area contributed by atoms with Gasteiger partial charge in [-0.1, -0.05) is 78.9 Å². The van der Waals surface area contributed by atoms with Crippen molar-refractivity contribution in [2.75, 3.05) is 47.5 Å². The van der Waals surface area contributed by atoms with Crippen LogP contribution in [0, 0.1) is 5.92 Å². The summed E-state index contributed by atoms with van der Waals surface area (Å²) in [6, 6.07) is 30.1. The summed E-state index contributed by atoms with van der Waals surface area (Å²) in [6.07, 6.45) is 7.97. The number of fused-ring (bicyclic) bond motifs is 1. The first-order valence-corrected chi connectivity index (χ1v) is 21.7. The zero-order valence-corrected chi connectivity index (χ0v) is 35.6. The maximum Gasteiger partial charge on any atom is 0.407 e. The van der Waals surface area contributed by atoms with Gasteiger partial charge in [0, 0.05) is 31.9 Å². The number of alkyl carbamates (subject to hydrolysis) is 1. The van der Waals surface area contributed by atoms with Crippen LogP contribution in [-0.4, -0.2) is 106 Å². The van der Waals surface area contributed by atoms with Crippen molar-refractivity contribution in [2.24, 2.45) is 5.92 Å². The SMILES string of the molecule is COC(=O)N[C@H](C(=O)N1CCC[C@H]1c1ncc(-c2ccc(-c3ccc4cc(-c5cnc([C@@H]6CCCN6C(=O)[C@H](c6ccccc6)N(C)C)[nH]5)ccc4c3)cc2)[nH]1)C1CCOCC1. The highest BCUT2D eigenvalue weighted by molar-refractivity contribution is 5.91. The van der Waals surface area contributed by atoms with Gasteiger partial charge in [0.2, 0.25) is 11.8 Å². The van der Waals surface area contributed by atoms with Gasteiger partial charge in [-0.2, -0.15) is 0 Å². The second-order valence-electron chi connectivity index (χ2n) is 16.9. The molecule has 3 aliphatic rings. The molecule has 3 fully saturated rings. The average molecular weight is 835 g/mol. The van der Waals surface area contributed by atoms with Gasteiger partial charge in [-0.15, -0.1) is 0 Å². The van der Waals surface area contributed by atoms with Crippen LogP contribution in [0.2, 0.25) is 0 Å². The number of aromatic amines is 2. The number of nitrogens with one attached hydrogen (secondary N) is 3. The number of rotatable bonds is 11. The van der Waals surface area contributed by atoms with Gasteiger partial charge in [-0.25, -0.2) is 14.8 Å². The van der Waals surface area contributed by atoms with E-state index in [-0.39, 0.29) is 35.9 Å². The summed E-state index contributed by atoms with van der Waals surface area (Å²) in [4.78, 5) is 62.7. The van der Waals surface area contributed by atoms with Gasteiger partial charge in [0.1, 0.15) is 23.7 Å². The number of likely N-dealkylation sites (tertiary alicyclic amines) is 2. The zero-order chi connectivity index (χ0) is 42.7. The molecular formula is C49H54N8O5.